The van der Waals surface area contributed by atoms with E-state index in [1.807, 2.05) is 0 Å². The smallest absolute Gasteiger partial charge is 0.353 e. The molecule has 6 atom stereocenters. The molecule has 3 rings (SSSR count). The minimum absolute atomic E-state index is 0.0893. The molecule has 2 aliphatic heterocycles. The molecule has 14 heteroatoms. The lowest BCUT2D eigenvalue weighted by Gasteiger charge is -2.47. The average molecular weight is 442 g/mol. The second-order valence-electron chi connectivity index (χ2n) is 5.93. The second kappa shape index (κ2) is 8.27. The molecule has 0 saturated carbocycles. The summed E-state index contributed by atoms with van der Waals surface area (Å²) >= 11 is 0. The van der Waals surface area contributed by atoms with Gasteiger partial charge in [-0.2, -0.15) is 16.8 Å². The van der Waals surface area contributed by atoms with Crippen LogP contribution < -0.4 is 0 Å². The van der Waals surface area contributed by atoms with Gasteiger partial charge in [0.2, 0.25) is 0 Å². The van der Waals surface area contributed by atoms with E-state index in [0.717, 1.165) is 7.11 Å². The van der Waals surface area contributed by atoms with E-state index in [0.29, 0.717) is 5.56 Å². The maximum absolute atomic E-state index is 11.3. The molecule has 0 radical (unpaired) electrons. The number of ether oxygens (including phenoxy) is 4. The van der Waals surface area contributed by atoms with E-state index in [-0.39, 0.29) is 6.61 Å². The first-order chi connectivity index (χ1) is 13.1. The van der Waals surface area contributed by atoms with Crippen LogP contribution in [0.1, 0.15) is 11.9 Å². The van der Waals surface area contributed by atoms with Crippen molar-refractivity contribution in [2.45, 2.75) is 37.0 Å². The monoisotopic (exact) mass is 442 g/mol. The van der Waals surface area contributed by atoms with Crippen molar-refractivity contribution >= 4 is 20.8 Å². The van der Waals surface area contributed by atoms with E-state index in [2.05, 4.69) is 8.37 Å². The molecule has 2 saturated heterocycles. The van der Waals surface area contributed by atoms with Crippen LogP contribution in [0.2, 0.25) is 0 Å². The summed E-state index contributed by atoms with van der Waals surface area (Å²) in [5.41, 5.74) is 0.590. The molecule has 0 aliphatic carbocycles. The summed E-state index contributed by atoms with van der Waals surface area (Å²) < 4.78 is 94.1. The van der Waals surface area contributed by atoms with E-state index in [4.69, 9.17) is 28.1 Å². The van der Waals surface area contributed by atoms with Crippen molar-refractivity contribution in [3.05, 3.63) is 35.9 Å². The predicted octanol–water partition coefficient (Wildman–Crippen LogP) is -0.152. The van der Waals surface area contributed by atoms with Gasteiger partial charge < -0.3 is 18.9 Å². The largest absolute Gasteiger partial charge is 0.397 e. The van der Waals surface area contributed by atoms with Gasteiger partial charge >= 0.3 is 20.8 Å². The third-order valence-electron chi connectivity index (χ3n) is 4.05. The molecular formula is C14H18O12S2. The molecule has 0 aromatic heterocycles. The van der Waals surface area contributed by atoms with Crippen molar-refractivity contribution in [1.29, 1.82) is 0 Å². The summed E-state index contributed by atoms with van der Waals surface area (Å²) in [6, 6.07) is 8.60. The van der Waals surface area contributed by atoms with Crippen LogP contribution in [0.15, 0.2) is 30.3 Å². The lowest BCUT2D eigenvalue weighted by Crippen LogP contribution is -2.64. The fraction of sp³-hybridized carbons (Fsp3) is 0.571. The molecule has 0 spiro atoms. The van der Waals surface area contributed by atoms with Gasteiger partial charge in [0.25, 0.3) is 0 Å². The third kappa shape index (κ3) is 5.24. The fourth-order valence-electron chi connectivity index (χ4n) is 3.01. The molecule has 158 valence electrons. The van der Waals surface area contributed by atoms with Crippen LogP contribution in [0.3, 0.4) is 0 Å². The Morgan fingerprint density at radius 2 is 1.57 bits per heavy atom. The van der Waals surface area contributed by atoms with Crippen molar-refractivity contribution < 1.29 is 53.3 Å². The van der Waals surface area contributed by atoms with Gasteiger partial charge in [0.05, 0.1) is 6.61 Å². The molecule has 2 aliphatic rings. The summed E-state index contributed by atoms with van der Waals surface area (Å²) in [5, 5.41) is 0. The lowest BCUT2D eigenvalue weighted by atomic mass is 9.98. The van der Waals surface area contributed by atoms with E-state index >= 15 is 0 Å². The maximum atomic E-state index is 11.3. The van der Waals surface area contributed by atoms with Gasteiger partial charge in [-0.25, -0.2) is 8.37 Å². The third-order valence-corrected chi connectivity index (χ3v) is 4.98. The van der Waals surface area contributed by atoms with Gasteiger partial charge in [-0.3, -0.25) is 9.11 Å². The molecule has 6 unspecified atom stereocenters. The van der Waals surface area contributed by atoms with E-state index in [9.17, 15) is 16.8 Å². The fourth-order valence-corrected chi connectivity index (χ4v) is 3.99. The normalized spacial score (nSPS) is 34.0. The zero-order valence-corrected chi connectivity index (χ0v) is 16.0. The Labute approximate surface area is 161 Å². The number of methoxy groups -OCH3 is 1. The van der Waals surface area contributed by atoms with Crippen LogP contribution in [-0.4, -0.2) is 70.4 Å². The molecule has 2 heterocycles. The zero-order chi connectivity index (χ0) is 20.5. The van der Waals surface area contributed by atoms with Crippen LogP contribution in [0.5, 0.6) is 0 Å². The molecule has 1 aromatic carbocycles. The van der Waals surface area contributed by atoms with E-state index in [1.54, 1.807) is 30.3 Å². The summed E-state index contributed by atoms with van der Waals surface area (Å²) in [7, 11) is -8.99. The Morgan fingerprint density at radius 3 is 2.14 bits per heavy atom. The Morgan fingerprint density at radius 1 is 0.964 bits per heavy atom. The summed E-state index contributed by atoms with van der Waals surface area (Å²) in [4.78, 5) is 0. The molecule has 12 nitrogen and oxygen atoms in total. The van der Waals surface area contributed by atoms with Crippen molar-refractivity contribution in [3.8, 4) is 0 Å². The average Bonchev–Trinajstić information content (AvgIpc) is 2.61. The number of benzene rings is 1. The van der Waals surface area contributed by atoms with Crippen molar-refractivity contribution in [2.75, 3.05) is 13.7 Å². The molecule has 0 amide bonds. The first-order valence-corrected chi connectivity index (χ1v) is 10.6. The predicted molar refractivity (Wildman–Crippen MR) is 88.5 cm³/mol. The minimum atomic E-state index is -5.06. The summed E-state index contributed by atoms with van der Waals surface area (Å²) in [6.45, 7) is -0.0893. The first-order valence-electron chi connectivity index (χ1n) is 7.89. The highest BCUT2D eigenvalue weighted by Crippen LogP contribution is 2.37. The lowest BCUT2D eigenvalue weighted by molar-refractivity contribution is -0.351. The molecule has 28 heavy (non-hydrogen) atoms. The number of hydrogen-bond donors (Lipinski definition) is 2. The van der Waals surface area contributed by atoms with Gasteiger partial charge in [-0.15, -0.1) is 0 Å². The standard InChI is InChI=1S/C14H18O12S2/c1-21-14-12(26-28(18,19)20)11(25-27(15,16)17)10-9(23-14)7-22-13(24-10)8-5-3-2-4-6-8/h2-6,9-14H,7H2,1H3,(H,15,16,17)(H,18,19,20). The molecule has 2 N–H and O–H groups in total. The van der Waals surface area contributed by atoms with Crippen molar-refractivity contribution in [3.63, 3.8) is 0 Å². The quantitative estimate of drug-likeness (QED) is 0.561. The SMILES string of the molecule is COC1OC2COC(c3ccccc3)OC2C(OS(=O)(=O)O)C1OS(=O)(=O)O. The molecule has 1 aromatic rings. The summed E-state index contributed by atoms with van der Waals surface area (Å²) in [6.07, 6.45) is -8.18. The van der Waals surface area contributed by atoms with Gasteiger partial charge in [0.1, 0.15) is 18.3 Å². The van der Waals surface area contributed by atoms with Crippen LogP contribution >= 0.6 is 0 Å². The van der Waals surface area contributed by atoms with Crippen LogP contribution in [0.25, 0.3) is 0 Å². The molecule has 0 bridgehead atoms. The molecular weight excluding hydrogens is 424 g/mol. The van der Waals surface area contributed by atoms with Crippen LogP contribution in [0, 0.1) is 0 Å². The highest BCUT2D eigenvalue weighted by molar-refractivity contribution is 7.81. The van der Waals surface area contributed by atoms with E-state index in [1.165, 1.54) is 0 Å². The Hall–Kier alpha value is -1.20. The van der Waals surface area contributed by atoms with Gasteiger partial charge in [0.15, 0.2) is 18.7 Å². The topological polar surface area (TPSA) is 164 Å². The first kappa shape index (κ1) is 21.5. The van der Waals surface area contributed by atoms with Crippen molar-refractivity contribution in [2.24, 2.45) is 0 Å². The summed E-state index contributed by atoms with van der Waals surface area (Å²) in [5.74, 6) is 0. The van der Waals surface area contributed by atoms with Gasteiger partial charge in [-0.05, 0) is 0 Å². The minimum Gasteiger partial charge on any atom is -0.353 e. The van der Waals surface area contributed by atoms with Crippen LogP contribution in [0.4, 0.5) is 0 Å². The Kier molecular flexibility index (Phi) is 6.35. The van der Waals surface area contributed by atoms with Crippen LogP contribution in [-0.2, 0) is 48.1 Å². The van der Waals surface area contributed by atoms with Crippen molar-refractivity contribution in [1.82, 2.24) is 0 Å². The van der Waals surface area contributed by atoms with Gasteiger partial charge in [0, 0.05) is 12.7 Å². The number of hydrogen-bond acceptors (Lipinski definition) is 10. The molecule has 2 fully saturated rings. The van der Waals surface area contributed by atoms with Gasteiger partial charge in [-0.1, -0.05) is 30.3 Å². The second-order valence-corrected chi connectivity index (χ2v) is 8.03. The zero-order valence-electron chi connectivity index (χ0n) is 14.4. The highest BCUT2D eigenvalue weighted by Gasteiger charge is 2.54. The van der Waals surface area contributed by atoms with E-state index < -0.39 is 57.8 Å². The number of rotatable bonds is 6. The maximum Gasteiger partial charge on any atom is 0.397 e. The number of fused-ring (bicyclic) bond motifs is 1. The highest BCUT2D eigenvalue weighted by atomic mass is 32.3. The Balaban J connectivity index is 1.93. The Bertz CT molecular complexity index is 871.